The molecule has 0 fully saturated rings. The molecule has 1 aromatic carbocycles. The summed E-state index contributed by atoms with van der Waals surface area (Å²) >= 11 is 6.68. The Morgan fingerprint density at radius 3 is 2.85 bits per heavy atom. The molecule has 0 atom stereocenters. The van der Waals surface area contributed by atoms with Gasteiger partial charge in [0.1, 0.15) is 5.82 Å². The van der Waals surface area contributed by atoms with Crippen molar-refractivity contribution in [2.24, 2.45) is 5.92 Å². The molecule has 6 heteroatoms. The Hall–Kier alpha value is -0.430. The minimum atomic E-state index is 0.660. The van der Waals surface area contributed by atoms with E-state index in [2.05, 4.69) is 62.7 Å². The predicted octanol–water partition coefficient (Wildman–Crippen LogP) is 4.51. The van der Waals surface area contributed by atoms with Gasteiger partial charge in [-0.3, -0.25) is 0 Å². The molecular formula is C14H18BrN3S2. The fourth-order valence-electron chi connectivity index (χ4n) is 1.68. The van der Waals surface area contributed by atoms with E-state index in [1.54, 1.807) is 11.8 Å². The number of aromatic nitrogens is 2. The van der Waals surface area contributed by atoms with E-state index in [1.165, 1.54) is 22.0 Å². The SMILES string of the molecule is Cc1nsc(Sc2cc(Br)ccc2CNCC(C)C)n1. The molecule has 0 bridgehead atoms. The van der Waals surface area contributed by atoms with Crippen molar-refractivity contribution in [3.8, 4) is 0 Å². The molecule has 2 rings (SSSR count). The van der Waals surface area contributed by atoms with Crippen LogP contribution in [0.2, 0.25) is 0 Å². The number of halogens is 1. The average molecular weight is 372 g/mol. The summed E-state index contributed by atoms with van der Waals surface area (Å²) in [5, 5.41) is 3.49. The molecule has 0 amide bonds. The lowest BCUT2D eigenvalue weighted by molar-refractivity contribution is 0.550. The number of hydrogen-bond acceptors (Lipinski definition) is 5. The zero-order chi connectivity index (χ0) is 14.5. The molecular weight excluding hydrogens is 354 g/mol. The highest BCUT2D eigenvalue weighted by Crippen LogP contribution is 2.33. The number of nitrogens with one attached hydrogen (secondary N) is 1. The Kier molecular flexibility index (Phi) is 6.01. The van der Waals surface area contributed by atoms with Crippen LogP contribution in [0.5, 0.6) is 0 Å². The Morgan fingerprint density at radius 2 is 2.20 bits per heavy atom. The van der Waals surface area contributed by atoms with Crippen LogP contribution in [0, 0.1) is 12.8 Å². The number of rotatable bonds is 6. The summed E-state index contributed by atoms with van der Waals surface area (Å²) in [7, 11) is 0. The van der Waals surface area contributed by atoms with Crippen LogP contribution >= 0.6 is 39.2 Å². The second-order valence-electron chi connectivity index (χ2n) is 4.99. The maximum atomic E-state index is 4.42. The second kappa shape index (κ2) is 7.54. The van der Waals surface area contributed by atoms with Crippen molar-refractivity contribution < 1.29 is 0 Å². The number of benzene rings is 1. The van der Waals surface area contributed by atoms with Crippen molar-refractivity contribution >= 4 is 39.2 Å². The summed E-state index contributed by atoms with van der Waals surface area (Å²) in [6, 6.07) is 6.39. The fraction of sp³-hybridized carbons (Fsp3) is 0.429. The molecule has 0 radical (unpaired) electrons. The van der Waals surface area contributed by atoms with E-state index >= 15 is 0 Å². The molecule has 1 aromatic heterocycles. The van der Waals surface area contributed by atoms with Crippen LogP contribution in [0.1, 0.15) is 25.2 Å². The van der Waals surface area contributed by atoms with Gasteiger partial charge in [-0.2, -0.15) is 4.37 Å². The van der Waals surface area contributed by atoms with Gasteiger partial charge in [0, 0.05) is 15.9 Å². The van der Waals surface area contributed by atoms with Crippen LogP contribution in [-0.2, 0) is 6.54 Å². The lowest BCUT2D eigenvalue weighted by Gasteiger charge is -2.11. The van der Waals surface area contributed by atoms with Crippen molar-refractivity contribution in [1.29, 1.82) is 0 Å². The van der Waals surface area contributed by atoms with E-state index in [-0.39, 0.29) is 0 Å². The fourth-order valence-corrected chi connectivity index (χ4v) is 3.97. The average Bonchev–Trinajstić information content (AvgIpc) is 2.77. The van der Waals surface area contributed by atoms with Crippen LogP contribution in [0.3, 0.4) is 0 Å². The van der Waals surface area contributed by atoms with E-state index in [4.69, 9.17) is 0 Å². The Morgan fingerprint density at radius 1 is 1.40 bits per heavy atom. The van der Waals surface area contributed by atoms with E-state index in [9.17, 15) is 0 Å². The zero-order valence-corrected chi connectivity index (χ0v) is 15.0. The van der Waals surface area contributed by atoms with Gasteiger partial charge in [0.05, 0.1) is 0 Å². The predicted molar refractivity (Wildman–Crippen MR) is 89.5 cm³/mol. The van der Waals surface area contributed by atoms with Gasteiger partial charge in [-0.25, -0.2) is 4.98 Å². The minimum Gasteiger partial charge on any atom is -0.312 e. The monoisotopic (exact) mass is 371 g/mol. The molecule has 0 spiro atoms. The third-order valence-electron chi connectivity index (χ3n) is 2.60. The first-order valence-electron chi connectivity index (χ1n) is 6.52. The molecule has 0 aliphatic carbocycles. The van der Waals surface area contributed by atoms with Gasteiger partial charge in [-0.15, -0.1) is 0 Å². The largest absolute Gasteiger partial charge is 0.312 e. The summed E-state index contributed by atoms with van der Waals surface area (Å²) in [5.41, 5.74) is 1.30. The molecule has 0 aliphatic rings. The van der Waals surface area contributed by atoms with Gasteiger partial charge in [-0.05, 0) is 48.6 Å². The standard InChI is InChI=1S/C14H18BrN3S2/c1-9(2)7-16-8-11-4-5-12(15)6-13(11)19-14-17-10(3)18-20-14/h4-6,9,16H,7-8H2,1-3H3. The van der Waals surface area contributed by atoms with Crippen LogP contribution < -0.4 is 5.32 Å². The summed E-state index contributed by atoms with van der Waals surface area (Å²) < 4.78 is 6.32. The van der Waals surface area contributed by atoms with Gasteiger partial charge in [0.25, 0.3) is 0 Å². The quantitative estimate of drug-likeness (QED) is 0.810. The van der Waals surface area contributed by atoms with E-state index in [0.717, 1.165) is 27.7 Å². The third-order valence-corrected chi connectivity index (χ3v) is 5.04. The molecule has 0 unspecified atom stereocenters. The Balaban J connectivity index is 2.11. The lowest BCUT2D eigenvalue weighted by Crippen LogP contribution is -2.19. The van der Waals surface area contributed by atoms with Crippen LogP contribution in [-0.4, -0.2) is 15.9 Å². The molecule has 20 heavy (non-hydrogen) atoms. The first-order valence-corrected chi connectivity index (χ1v) is 8.90. The molecule has 0 saturated heterocycles. The molecule has 2 aromatic rings. The number of nitrogens with zero attached hydrogens (tertiary/aromatic N) is 2. The van der Waals surface area contributed by atoms with E-state index in [1.807, 2.05) is 6.92 Å². The highest BCUT2D eigenvalue weighted by atomic mass is 79.9. The third kappa shape index (κ3) is 4.84. The summed E-state index contributed by atoms with van der Waals surface area (Å²) in [6.07, 6.45) is 0. The van der Waals surface area contributed by atoms with Gasteiger partial charge in [0.15, 0.2) is 4.34 Å². The highest BCUT2D eigenvalue weighted by molar-refractivity contribution is 9.10. The normalized spacial score (nSPS) is 11.2. The molecule has 108 valence electrons. The Bertz CT molecular complexity index is 569. The van der Waals surface area contributed by atoms with Crippen molar-refractivity contribution in [1.82, 2.24) is 14.7 Å². The van der Waals surface area contributed by atoms with Crippen molar-refractivity contribution in [2.45, 2.75) is 36.6 Å². The second-order valence-corrected chi connectivity index (χ2v) is 7.94. The summed E-state index contributed by atoms with van der Waals surface area (Å²) in [6.45, 7) is 8.26. The van der Waals surface area contributed by atoms with Crippen LogP contribution in [0.4, 0.5) is 0 Å². The van der Waals surface area contributed by atoms with Crippen molar-refractivity contribution in [3.63, 3.8) is 0 Å². The first kappa shape index (κ1) is 15.9. The minimum absolute atomic E-state index is 0.660. The maximum absolute atomic E-state index is 4.42. The molecule has 3 nitrogen and oxygen atoms in total. The lowest BCUT2D eigenvalue weighted by atomic mass is 10.2. The van der Waals surface area contributed by atoms with Crippen molar-refractivity contribution in [3.05, 3.63) is 34.1 Å². The first-order chi connectivity index (χ1) is 9.54. The topological polar surface area (TPSA) is 37.8 Å². The maximum Gasteiger partial charge on any atom is 0.174 e. The molecule has 0 saturated carbocycles. The van der Waals surface area contributed by atoms with Crippen molar-refractivity contribution in [2.75, 3.05) is 6.54 Å². The zero-order valence-electron chi connectivity index (χ0n) is 11.8. The van der Waals surface area contributed by atoms with Gasteiger partial charge in [0.2, 0.25) is 0 Å². The summed E-state index contributed by atoms with van der Waals surface area (Å²) in [5.74, 6) is 1.50. The van der Waals surface area contributed by atoms with E-state index < -0.39 is 0 Å². The molecule has 1 N–H and O–H groups in total. The Labute approximate surface area is 136 Å². The molecule has 1 heterocycles. The van der Waals surface area contributed by atoms with Crippen LogP contribution in [0.25, 0.3) is 0 Å². The van der Waals surface area contributed by atoms with Gasteiger partial charge >= 0.3 is 0 Å². The van der Waals surface area contributed by atoms with Crippen LogP contribution in [0.15, 0.2) is 31.9 Å². The smallest absolute Gasteiger partial charge is 0.174 e. The number of hydrogen-bond donors (Lipinski definition) is 1. The number of aryl methyl sites for hydroxylation is 1. The van der Waals surface area contributed by atoms with E-state index in [0.29, 0.717) is 5.92 Å². The van der Waals surface area contributed by atoms with Gasteiger partial charge < -0.3 is 5.32 Å². The molecule has 0 aliphatic heterocycles. The highest BCUT2D eigenvalue weighted by Gasteiger charge is 2.09. The van der Waals surface area contributed by atoms with Gasteiger partial charge in [-0.1, -0.05) is 47.6 Å². The summed E-state index contributed by atoms with van der Waals surface area (Å²) in [4.78, 5) is 5.65.